The maximum Gasteiger partial charge on any atom is 0.313 e. The van der Waals surface area contributed by atoms with Gasteiger partial charge in [-0.1, -0.05) is 0 Å². The van der Waals surface area contributed by atoms with Crippen molar-refractivity contribution in [2.45, 2.75) is 38.5 Å². The Labute approximate surface area is 172 Å². The number of aldehydes is 4. The summed E-state index contributed by atoms with van der Waals surface area (Å²) in [6.07, 6.45) is 1.40. The standard InChI is InChI=1S/2C9H12O6/c2*10-4-2-8(12)14-6-1-7-15-9(13)3-5-11/h2*4-5H,1-3,6-7H2. The maximum absolute atomic E-state index is 10.6. The first kappa shape index (κ1) is 28.8. The molecule has 0 saturated carbocycles. The third-order valence-electron chi connectivity index (χ3n) is 2.63. The average molecular weight is 432 g/mol. The van der Waals surface area contributed by atoms with Gasteiger partial charge in [-0.05, 0) is 0 Å². The third kappa shape index (κ3) is 22.6. The lowest BCUT2D eigenvalue weighted by molar-refractivity contribution is -0.149. The zero-order valence-electron chi connectivity index (χ0n) is 16.3. The van der Waals surface area contributed by atoms with Gasteiger partial charge in [-0.25, -0.2) is 0 Å². The summed E-state index contributed by atoms with van der Waals surface area (Å²) in [4.78, 5) is 82.0. The van der Waals surface area contributed by atoms with Crippen LogP contribution in [0.3, 0.4) is 0 Å². The molecule has 0 spiro atoms. The normalized spacial score (nSPS) is 9.07. The van der Waals surface area contributed by atoms with E-state index < -0.39 is 23.9 Å². The van der Waals surface area contributed by atoms with Gasteiger partial charge in [0.1, 0.15) is 50.8 Å². The van der Waals surface area contributed by atoms with Crippen LogP contribution >= 0.6 is 0 Å². The summed E-state index contributed by atoms with van der Waals surface area (Å²) < 4.78 is 18.4. The lowest BCUT2D eigenvalue weighted by atomic mass is 10.4. The van der Waals surface area contributed by atoms with Crippen LogP contribution in [0.1, 0.15) is 38.5 Å². The Bertz CT molecular complexity index is 472. The summed E-state index contributed by atoms with van der Waals surface area (Å²) in [6.45, 7) is 0.337. The first-order valence-corrected chi connectivity index (χ1v) is 8.78. The van der Waals surface area contributed by atoms with Crippen molar-refractivity contribution in [1.82, 2.24) is 0 Å². The molecule has 12 nitrogen and oxygen atoms in total. The second-order valence-corrected chi connectivity index (χ2v) is 5.07. The Hall–Kier alpha value is -3.44. The molecule has 0 aromatic rings. The number of ether oxygens (including phenoxy) is 4. The minimum atomic E-state index is -0.607. The highest BCUT2D eigenvalue weighted by atomic mass is 16.6. The zero-order chi connectivity index (χ0) is 23.0. The highest BCUT2D eigenvalue weighted by molar-refractivity contribution is 5.84. The first-order chi connectivity index (χ1) is 14.4. The minimum absolute atomic E-state index is 0.0844. The predicted octanol–water partition coefficient (Wildman–Crippen LogP) is -0.718. The first-order valence-electron chi connectivity index (χ1n) is 8.78. The SMILES string of the molecule is O=CCC(=O)OCCCOC(=O)CC=O.O=CCC(=O)OCCCOC(=O)CC=O. The lowest BCUT2D eigenvalue weighted by Gasteiger charge is -2.03. The van der Waals surface area contributed by atoms with Crippen LogP contribution < -0.4 is 0 Å². The zero-order valence-corrected chi connectivity index (χ0v) is 16.3. The summed E-state index contributed by atoms with van der Waals surface area (Å²) in [5.41, 5.74) is 0. The van der Waals surface area contributed by atoms with E-state index in [1.165, 1.54) is 0 Å². The van der Waals surface area contributed by atoms with E-state index in [0.29, 0.717) is 38.0 Å². The van der Waals surface area contributed by atoms with Gasteiger partial charge in [0.25, 0.3) is 0 Å². The van der Waals surface area contributed by atoms with E-state index in [2.05, 4.69) is 18.9 Å². The molecule has 0 unspecified atom stereocenters. The molecule has 0 aliphatic heterocycles. The molecule has 30 heavy (non-hydrogen) atoms. The van der Waals surface area contributed by atoms with E-state index in [1.54, 1.807) is 0 Å². The van der Waals surface area contributed by atoms with E-state index in [1.807, 2.05) is 0 Å². The second-order valence-electron chi connectivity index (χ2n) is 5.07. The molecule has 0 aromatic heterocycles. The van der Waals surface area contributed by atoms with Gasteiger partial charge in [-0.15, -0.1) is 0 Å². The molecule has 0 saturated heterocycles. The summed E-state index contributed by atoms with van der Waals surface area (Å²) >= 11 is 0. The summed E-state index contributed by atoms with van der Waals surface area (Å²) in [6, 6.07) is 0. The summed E-state index contributed by atoms with van der Waals surface area (Å²) in [5, 5.41) is 0. The van der Waals surface area contributed by atoms with Gasteiger partial charge in [0.15, 0.2) is 0 Å². The molecule has 0 aromatic carbocycles. The third-order valence-corrected chi connectivity index (χ3v) is 2.63. The van der Waals surface area contributed by atoms with Crippen LogP contribution in [0.2, 0.25) is 0 Å². The maximum atomic E-state index is 10.6. The van der Waals surface area contributed by atoms with Crippen molar-refractivity contribution in [3.63, 3.8) is 0 Å². The van der Waals surface area contributed by atoms with E-state index in [4.69, 9.17) is 0 Å². The number of rotatable bonds is 16. The quantitative estimate of drug-likeness (QED) is 0.0986. The van der Waals surface area contributed by atoms with Crippen LogP contribution in [0.5, 0.6) is 0 Å². The number of esters is 4. The van der Waals surface area contributed by atoms with Crippen molar-refractivity contribution in [1.29, 1.82) is 0 Å². The van der Waals surface area contributed by atoms with Crippen LogP contribution in [0.25, 0.3) is 0 Å². The van der Waals surface area contributed by atoms with E-state index in [0.717, 1.165) is 0 Å². The van der Waals surface area contributed by atoms with Crippen LogP contribution in [0, 0.1) is 0 Å². The molecule has 0 atom stereocenters. The van der Waals surface area contributed by atoms with E-state index >= 15 is 0 Å². The van der Waals surface area contributed by atoms with Crippen LogP contribution in [0.15, 0.2) is 0 Å². The van der Waals surface area contributed by atoms with Gasteiger partial charge in [0, 0.05) is 12.8 Å². The van der Waals surface area contributed by atoms with Crippen molar-refractivity contribution in [2.75, 3.05) is 26.4 Å². The Morgan fingerprint density at radius 3 is 0.800 bits per heavy atom. The van der Waals surface area contributed by atoms with E-state index in [-0.39, 0.29) is 52.1 Å². The van der Waals surface area contributed by atoms with E-state index in [9.17, 15) is 38.4 Å². The van der Waals surface area contributed by atoms with Crippen molar-refractivity contribution < 1.29 is 57.3 Å². The van der Waals surface area contributed by atoms with Crippen LogP contribution in [-0.2, 0) is 57.3 Å². The fourth-order valence-electron chi connectivity index (χ4n) is 1.37. The number of carbonyl (C=O) groups excluding carboxylic acids is 8. The van der Waals surface area contributed by atoms with Gasteiger partial charge in [-0.2, -0.15) is 0 Å². The molecule has 0 radical (unpaired) electrons. The molecule has 168 valence electrons. The molecule has 0 fully saturated rings. The molecule has 0 heterocycles. The Morgan fingerprint density at radius 1 is 0.433 bits per heavy atom. The monoisotopic (exact) mass is 432 g/mol. The minimum Gasteiger partial charge on any atom is -0.465 e. The number of hydrogen-bond acceptors (Lipinski definition) is 12. The van der Waals surface area contributed by atoms with Crippen molar-refractivity contribution >= 4 is 49.0 Å². The van der Waals surface area contributed by atoms with Gasteiger partial charge in [-0.3, -0.25) is 19.2 Å². The molecule has 0 bridgehead atoms. The smallest absolute Gasteiger partial charge is 0.313 e. The molecular formula is C18H24O12. The van der Waals surface area contributed by atoms with Gasteiger partial charge in [0.05, 0.1) is 26.4 Å². The molecule has 0 aliphatic rings. The largest absolute Gasteiger partial charge is 0.465 e. The van der Waals surface area contributed by atoms with Gasteiger partial charge < -0.3 is 38.1 Å². The molecule has 12 heteroatoms. The topological polar surface area (TPSA) is 173 Å². The molecule has 0 amide bonds. The van der Waals surface area contributed by atoms with Crippen LogP contribution in [0.4, 0.5) is 0 Å². The Kier molecular flexibility index (Phi) is 21.0. The van der Waals surface area contributed by atoms with Gasteiger partial charge in [0.2, 0.25) is 0 Å². The highest BCUT2D eigenvalue weighted by Gasteiger charge is 2.04. The number of hydrogen-bond donors (Lipinski definition) is 0. The Morgan fingerprint density at radius 2 is 0.633 bits per heavy atom. The van der Waals surface area contributed by atoms with Crippen molar-refractivity contribution in [3.8, 4) is 0 Å². The Balaban J connectivity index is 0. The summed E-state index contributed by atoms with van der Waals surface area (Å²) in [5.74, 6) is -2.43. The van der Waals surface area contributed by atoms with Crippen molar-refractivity contribution in [2.24, 2.45) is 0 Å². The predicted molar refractivity (Wildman–Crippen MR) is 95.8 cm³/mol. The lowest BCUT2D eigenvalue weighted by Crippen LogP contribution is -2.10. The molecular weight excluding hydrogens is 408 g/mol. The molecule has 0 rings (SSSR count). The van der Waals surface area contributed by atoms with Gasteiger partial charge >= 0.3 is 23.9 Å². The van der Waals surface area contributed by atoms with Crippen LogP contribution in [-0.4, -0.2) is 75.4 Å². The highest BCUT2D eigenvalue weighted by Crippen LogP contribution is 1.91. The fraction of sp³-hybridized carbons (Fsp3) is 0.556. The summed E-state index contributed by atoms with van der Waals surface area (Å²) in [7, 11) is 0. The second kappa shape index (κ2) is 21.9. The molecule has 0 aliphatic carbocycles. The van der Waals surface area contributed by atoms with Crippen molar-refractivity contribution in [3.05, 3.63) is 0 Å². The fourth-order valence-corrected chi connectivity index (χ4v) is 1.37. The average Bonchev–Trinajstić information content (AvgIpc) is 2.69. The number of carbonyl (C=O) groups is 8. The molecule has 0 N–H and O–H groups in total.